The number of hydrogen-bond acceptors (Lipinski definition) is 3. The lowest BCUT2D eigenvalue weighted by Crippen LogP contribution is -2.11. The van der Waals surface area contributed by atoms with Gasteiger partial charge in [0, 0.05) is 6.54 Å². The SMILES string of the molecule is CC(=O)COCCOCC[NH]. The molecule has 4 heteroatoms. The van der Waals surface area contributed by atoms with Crippen LogP contribution in [0, 0.1) is 0 Å². The molecule has 0 saturated carbocycles. The highest BCUT2D eigenvalue weighted by Gasteiger charge is 1.92. The summed E-state index contributed by atoms with van der Waals surface area (Å²) in [6.07, 6.45) is 0. The summed E-state index contributed by atoms with van der Waals surface area (Å²) in [5.41, 5.74) is 6.73. The second kappa shape index (κ2) is 7.65. The molecule has 0 aromatic carbocycles. The molecule has 0 aliphatic rings. The fourth-order valence-electron chi connectivity index (χ4n) is 0.508. The minimum Gasteiger partial charge on any atom is -0.378 e. The Morgan fingerprint density at radius 1 is 1.27 bits per heavy atom. The number of nitrogens with one attached hydrogen (secondary N) is 1. The minimum absolute atomic E-state index is 0.0190. The molecular weight excluding hydrogens is 146 g/mol. The molecule has 0 aliphatic carbocycles. The molecule has 0 atom stereocenters. The number of ketones is 1. The number of hydrogen-bond donors (Lipinski definition) is 0. The second-order valence-corrected chi connectivity index (χ2v) is 2.12. The van der Waals surface area contributed by atoms with Gasteiger partial charge in [-0.15, -0.1) is 0 Å². The van der Waals surface area contributed by atoms with Crippen molar-refractivity contribution in [3.8, 4) is 0 Å². The van der Waals surface area contributed by atoms with E-state index in [0.717, 1.165) is 0 Å². The zero-order chi connectivity index (χ0) is 8.53. The van der Waals surface area contributed by atoms with E-state index >= 15 is 0 Å². The van der Waals surface area contributed by atoms with Crippen LogP contribution in [0.4, 0.5) is 0 Å². The Hall–Kier alpha value is -0.450. The maximum atomic E-state index is 10.3. The molecule has 0 spiro atoms. The first-order valence-corrected chi connectivity index (χ1v) is 3.57. The van der Waals surface area contributed by atoms with E-state index in [1.165, 1.54) is 6.92 Å². The molecule has 1 N–H and O–H groups in total. The highest BCUT2D eigenvalue weighted by Crippen LogP contribution is 1.78. The van der Waals surface area contributed by atoms with Crippen molar-refractivity contribution in [2.75, 3.05) is 33.0 Å². The molecule has 0 rings (SSSR count). The minimum atomic E-state index is 0.0190. The average molecular weight is 160 g/mol. The van der Waals surface area contributed by atoms with Gasteiger partial charge < -0.3 is 9.47 Å². The number of carbonyl (C=O) groups is 1. The van der Waals surface area contributed by atoms with Crippen LogP contribution in [0.5, 0.6) is 0 Å². The van der Waals surface area contributed by atoms with Crippen LogP contribution in [0.15, 0.2) is 0 Å². The van der Waals surface area contributed by atoms with Gasteiger partial charge in [0.25, 0.3) is 0 Å². The molecule has 11 heavy (non-hydrogen) atoms. The first-order valence-electron chi connectivity index (χ1n) is 3.57. The van der Waals surface area contributed by atoms with Crippen LogP contribution in [0.3, 0.4) is 0 Å². The van der Waals surface area contributed by atoms with Crippen LogP contribution in [0.25, 0.3) is 0 Å². The zero-order valence-electron chi connectivity index (χ0n) is 6.76. The van der Waals surface area contributed by atoms with E-state index in [1.54, 1.807) is 0 Å². The Balaban J connectivity index is 2.85. The van der Waals surface area contributed by atoms with Crippen molar-refractivity contribution in [2.45, 2.75) is 6.92 Å². The van der Waals surface area contributed by atoms with E-state index < -0.39 is 0 Å². The number of rotatable bonds is 7. The zero-order valence-corrected chi connectivity index (χ0v) is 6.76. The molecule has 0 bridgehead atoms. The van der Waals surface area contributed by atoms with Gasteiger partial charge in [0.2, 0.25) is 0 Å². The van der Waals surface area contributed by atoms with Gasteiger partial charge in [-0.25, -0.2) is 0 Å². The highest BCUT2D eigenvalue weighted by molar-refractivity contribution is 5.76. The maximum Gasteiger partial charge on any atom is 0.155 e. The molecule has 1 radical (unpaired) electrons. The lowest BCUT2D eigenvalue weighted by molar-refractivity contribution is -0.121. The van der Waals surface area contributed by atoms with Crippen LogP contribution < -0.4 is 5.73 Å². The van der Waals surface area contributed by atoms with E-state index in [9.17, 15) is 4.79 Å². The molecule has 0 saturated heterocycles. The van der Waals surface area contributed by atoms with Gasteiger partial charge in [-0.2, -0.15) is 0 Å². The van der Waals surface area contributed by atoms with Gasteiger partial charge in [-0.05, 0) is 6.92 Å². The van der Waals surface area contributed by atoms with Gasteiger partial charge in [0.15, 0.2) is 5.78 Å². The fourth-order valence-corrected chi connectivity index (χ4v) is 0.508. The van der Waals surface area contributed by atoms with Crippen LogP contribution >= 0.6 is 0 Å². The average Bonchev–Trinajstić information content (AvgIpc) is 1.96. The molecule has 0 amide bonds. The van der Waals surface area contributed by atoms with Gasteiger partial charge in [0.05, 0.1) is 19.8 Å². The van der Waals surface area contributed by atoms with E-state index in [0.29, 0.717) is 19.8 Å². The molecule has 0 fully saturated rings. The van der Waals surface area contributed by atoms with Crippen molar-refractivity contribution in [1.29, 1.82) is 0 Å². The lowest BCUT2D eigenvalue weighted by Gasteiger charge is -2.01. The Bertz CT molecular complexity index is 106. The number of Topliss-reactive ketones (excluding diaryl/α,β-unsaturated/α-hetero) is 1. The maximum absolute atomic E-state index is 10.3. The second-order valence-electron chi connectivity index (χ2n) is 2.12. The Morgan fingerprint density at radius 2 is 1.91 bits per heavy atom. The lowest BCUT2D eigenvalue weighted by atomic mass is 10.5. The third-order valence-corrected chi connectivity index (χ3v) is 0.924. The third-order valence-electron chi connectivity index (χ3n) is 0.924. The largest absolute Gasteiger partial charge is 0.378 e. The van der Waals surface area contributed by atoms with Crippen LogP contribution in [-0.4, -0.2) is 38.8 Å². The molecule has 4 nitrogen and oxygen atoms in total. The van der Waals surface area contributed by atoms with Gasteiger partial charge in [0.1, 0.15) is 6.61 Å². The normalized spacial score (nSPS) is 10.0. The van der Waals surface area contributed by atoms with E-state index in [-0.39, 0.29) is 18.9 Å². The van der Waals surface area contributed by atoms with E-state index in [1.807, 2.05) is 0 Å². The summed E-state index contributed by atoms with van der Waals surface area (Å²) in [5.74, 6) is 0.0190. The predicted molar refractivity (Wildman–Crippen MR) is 40.3 cm³/mol. The van der Waals surface area contributed by atoms with Crippen molar-refractivity contribution < 1.29 is 14.3 Å². The Kier molecular flexibility index (Phi) is 7.34. The molecule has 0 heterocycles. The quantitative estimate of drug-likeness (QED) is 0.488. The number of carbonyl (C=O) groups excluding carboxylic acids is 1. The summed E-state index contributed by atoms with van der Waals surface area (Å²) in [5, 5.41) is 0. The fraction of sp³-hybridized carbons (Fsp3) is 0.857. The van der Waals surface area contributed by atoms with Crippen molar-refractivity contribution in [2.24, 2.45) is 0 Å². The first-order chi connectivity index (χ1) is 5.27. The van der Waals surface area contributed by atoms with Crippen LogP contribution in [0.1, 0.15) is 6.92 Å². The highest BCUT2D eigenvalue weighted by atomic mass is 16.5. The first kappa shape index (κ1) is 10.6. The molecule has 0 aromatic heterocycles. The number of ether oxygens (including phenoxy) is 2. The van der Waals surface area contributed by atoms with Crippen LogP contribution in [0.2, 0.25) is 0 Å². The predicted octanol–water partition coefficient (Wildman–Crippen LogP) is -0.108. The monoisotopic (exact) mass is 160 g/mol. The summed E-state index contributed by atoms with van der Waals surface area (Å²) in [4.78, 5) is 10.3. The topological polar surface area (TPSA) is 59.3 Å². The van der Waals surface area contributed by atoms with Gasteiger partial charge in [-0.1, -0.05) is 0 Å². The molecule has 0 aromatic rings. The molecular formula is C7H14NO3. The van der Waals surface area contributed by atoms with Crippen molar-refractivity contribution >= 4 is 5.78 Å². The summed E-state index contributed by atoms with van der Waals surface area (Å²) in [6.45, 7) is 3.23. The van der Waals surface area contributed by atoms with Crippen LogP contribution in [-0.2, 0) is 14.3 Å². The summed E-state index contributed by atoms with van der Waals surface area (Å²) in [6, 6.07) is 0. The van der Waals surface area contributed by atoms with Gasteiger partial charge in [-0.3, -0.25) is 10.5 Å². The molecule has 65 valence electrons. The molecule has 0 aliphatic heterocycles. The third kappa shape index (κ3) is 9.55. The van der Waals surface area contributed by atoms with Crippen molar-refractivity contribution in [3.05, 3.63) is 0 Å². The Labute approximate surface area is 66.7 Å². The summed E-state index contributed by atoms with van der Waals surface area (Å²) >= 11 is 0. The van der Waals surface area contributed by atoms with Crippen molar-refractivity contribution in [3.63, 3.8) is 0 Å². The Morgan fingerprint density at radius 3 is 2.45 bits per heavy atom. The smallest absolute Gasteiger partial charge is 0.155 e. The standard InChI is InChI=1S/C7H14NO3/c1-7(9)6-11-5-4-10-3-2-8/h8H,2-6H2,1H3. The summed E-state index contributed by atoms with van der Waals surface area (Å²) in [7, 11) is 0. The van der Waals surface area contributed by atoms with Crippen molar-refractivity contribution in [1.82, 2.24) is 5.73 Å². The van der Waals surface area contributed by atoms with Gasteiger partial charge >= 0.3 is 0 Å². The van der Waals surface area contributed by atoms with E-state index in [2.05, 4.69) is 0 Å². The molecule has 0 unspecified atom stereocenters. The van der Waals surface area contributed by atoms with E-state index in [4.69, 9.17) is 15.2 Å². The summed E-state index contributed by atoms with van der Waals surface area (Å²) < 4.78 is 9.85.